The second kappa shape index (κ2) is 12.2. The molecule has 25 heavy (non-hydrogen) atoms. The zero-order valence-corrected chi connectivity index (χ0v) is 14.9. The maximum Gasteiger partial charge on any atom is 0.407 e. The molecule has 1 atom stereocenters. The Balaban J connectivity index is 2.28. The summed E-state index contributed by atoms with van der Waals surface area (Å²) in [4.78, 5) is 35.6. The summed E-state index contributed by atoms with van der Waals surface area (Å²) in [6.07, 6.45) is 4.82. The Bertz CT molecular complexity index is 509. The molecule has 0 bridgehead atoms. The van der Waals surface area contributed by atoms with Crippen molar-refractivity contribution in [3.63, 3.8) is 0 Å². The number of carboxylic acids is 1. The summed E-state index contributed by atoms with van der Waals surface area (Å²) in [5, 5.41) is 11.3. The number of carbonyl (C=O) groups is 3. The Morgan fingerprint density at radius 2 is 2.12 bits per heavy atom. The zero-order valence-electron chi connectivity index (χ0n) is 14.9. The predicted molar refractivity (Wildman–Crippen MR) is 92.9 cm³/mol. The van der Waals surface area contributed by atoms with Gasteiger partial charge in [0, 0.05) is 25.8 Å². The maximum atomic E-state index is 11.9. The Morgan fingerprint density at radius 3 is 2.84 bits per heavy atom. The average molecular weight is 352 g/mol. The molecule has 1 heterocycles. The number of carbonyl (C=O) groups excluding carboxylic acids is 2. The van der Waals surface area contributed by atoms with Crippen molar-refractivity contribution in [2.75, 3.05) is 19.7 Å². The maximum absolute atomic E-state index is 11.9. The number of carboxylic acid groups (broad SMARTS) is 1. The Hall–Kier alpha value is -2.23. The van der Waals surface area contributed by atoms with Crippen LogP contribution in [0.2, 0.25) is 0 Å². The number of ether oxygens (including phenoxy) is 1. The van der Waals surface area contributed by atoms with Crippen LogP contribution in [0.5, 0.6) is 0 Å². The minimum atomic E-state index is -0.832. The van der Waals surface area contributed by atoms with E-state index in [1.165, 1.54) is 0 Å². The first-order chi connectivity index (χ1) is 12.0. The molecule has 7 nitrogen and oxygen atoms in total. The van der Waals surface area contributed by atoms with Crippen molar-refractivity contribution in [3.8, 4) is 11.8 Å². The molecular formula is C18H28N2O5. The summed E-state index contributed by atoms with van der Waals surface area (Å²) in [7, 11) is 0. The van der Waals surface area contributed by atoms with Gasteiger partial charge in [0.1, 0.15) is 6.61 Å². The van der Waals surface area contributed by atoms with Crippen molar-refractivity contribution in [2.24, 2.45) is 0 Å². The van der Waals surface area contributed by atoms with Gasteiger partial charge in [0.15, 0.2) is 0 Å². The van der Waals surface area contributed by atoms with Gasteiger partial charge in [-0.05, 0) is 19.3 Å². The molecule has 1 saturated heterocycles. The molecule has 1 rings (SSSR count). The molecule has 0 aliphatic carbocycles. The molecule has 1 fully saturated rings. The molecule has 0 radical (unpaired) electrons. The van der Waals surface area contributed by atoms with Crippen LogP contribution in [0, 0.1) is 11.8 Å². The number of likely N-dealkylation sites (tertiary alicyclic amines) is 1. The first-order valence-corrected chi connectivity index (χ1v) is 8.92. The molecule has 0 aromatic heterocycles. The second-order valence-electron chi connectivity index (χ2n) is 6.05. The van der Waals surface area contributed by atoms with Gasteiger partial charge in [-0.1, -0.05) is 25.7 Å². The molecule has 1 unspecified atom stereocenters. The summed E-state index contributed by atoms with van der Waals surface area (Å²) in [6.45, 7) is 3.16. The lowest BCUT2D eigenvalue weighted by Gasteiger charge is -2.22. The summed E-state index contributed by atoms with van der Waals surface area (Å²) >= 11 is 0. The average Bonchev–Trinajstić information content (AvgIpc) is 2.93. The van der Waals surface area contributed by atoms with E-state index in [4.69, 9.17) is 9.84 Å². The SMILES string of the molecule is CCCCCNC(=O)OCC1CCC(=O)N1CC#CCCCC(=O)O. The number of unbranched alkanes of at least 4 members (excludes halogenated alkanes) is 3. The minimum Gasteiger partial charge on any atom is -0.481 e. The van der Waals surface area contributed by atoms with Crippen molar-refractivity contribution < 1.29 is 24.2 Å². The number of nitrogens with zero attached hydrogens (tertiary/aromatic N) is 1. The van der Waals surface area contributed by atoms with Crippen molar-refractivity contribution in [1.82, 2.24) is 10.2 Å². The third-order valence-electron chi connectivity index (χ3n) is 3.98. The second-order valence-corrected chi connectivity index (χ2v) is 6.05. The fourth-order valence-electron chi connectivity index (χ4n) is 2.53. The van der Waals surface area contributed by atoms with E-state index in [2.05, 4.69) is 24.1 Å². The van der Waals surface area contributed by atoms with Crippen LogP contribution in [-0.2, 0) is 14.3 Å². The van der Waals surface area contributed by atoms with Crippen LogP contribution in [0.15, 0.2) is 0 Å². The van der Waals surface area contributed by atoms with E-state index in [0.29, 0.717) is 32.2 Å². The molecule has 140 valence electrons. The smallest absolute Gasteiger partial charge is 0.407 e. The largest absolute Gasteiger partial charge is 0.481 e. The van der Waals surface area contributed by atoms with Gasteiger partial charge in [-0.15, -0.1) is 5.92 Å². The van der Waals surface area contributed by atoms with Gasteiger partial charge in [0.05, 0.1) is 12.6 Å². The first-order valence-electron chi connectivity index (χ1n) is 8.92. The summed E-state index contributed by atoms with van der Waals surface area (Å²) in [5.41, 5.74) is 0. The van der Waals surface area contributed by atoms with Crippen LogP contribution in [0.3, 0.4) is 0 Å². The fraction of sp³-hybridized carbons (Fsp3) is 0.722. The van der Waals surface area contributed by atoms with Crippen molar-refractivity contribution in [3.05, 3.63) is 0 Å². The Morgan fingerprint density at radius 1 is 1.32 bits per heavy atom. The van der Waals surface area contributed by atoms with Crippen molar-refractivity contribution in [1.29, 1.82) is 0 Å². The van der Waals surface area contributed by atoms with E-state index in [1.54, 1.807) is 4.90 Å². The number of hydrogen-bond donors (Lipinski definition) is 2. The molecule has 2 N–H and O–H groups in total. The molecule has 7 heteroatoms. The molecule has 0 spiro atoms. The molecule has 2 amide bonds. The molecule has 1 aliphatic heterocycles. The van der Waals surface area contributed by atoms with Gasteiger partial charge < -0.3 is 20.1 Å². The van der Waals surface area contributed by atoms with Crippen LogP contribution < -0.4 is 5.32 Å². The van der Waals surface area contributed by atoms with E-state index < -0.39 is 12.1 Å². The zero-order chi connectivity index (χ0) is 18.5. The first kappa shape index (κ1) is 20.8. The topological polar surface area (TPSA) is 95.9 Å². The Kier molecular flexibility index (Phi) is 10.1. The normalized spacial score (nSPS) is 16.3. The van der Waals surface area contributed by atoms with Crippen LogP contribution in [0.4, 0.5) is 4.79 Å². The number of amides is 2. The predicted octanol–water partition coefficient (Wildman–Crippen LogP) is 2.15. The molecule has 0 aromatic rings. The molecular weight excluding hydrogens is 324 g/mol. The fourth-order valence-corrected chi connectivity index (χ4v) is 2.53. The van der Waals surface area contributed by atoms with E-state index >= 15 is 0 Å². The minimum absolute atomic E-state index is 0.0109. The molecule has 1 aliphatic rings. The highest BCUT2D eigenvalue weighted by Crippen LogP contribution is 2.18. The van der Waals surface area contributed by atoms with Crippen LogP contribution in [0.25, 0.3) is 0 Å². The number of nitrogens with one attached hydrogen (secondary N) is 1. The highest BCUT2D eigenvalue weighted by Gasteiger charge is 2.31. The highest BCUT2D eigenvalue weighted by atomic mass is 16.5. The van der Waals surface area contributed by atoms with Gasteiger partial charge in [0.25, 0.3) is 0 Å². The van der Waals surface area contributed by atoms with Crippen molar-refractivity contribution in [2.45, 2.75) is 64.3 Å². The van der Waals surface area contributed by atoms with E-state index in [-0.39, 0.29) is 31.5 Å². The Labute approximate surface area is 149 Å². The van der Waals surface area contributed by atoms with Crippen molar-refractivity contribution >= 4 is 18.0 Å². The highest BCUT2D eigenvalue weighted by molar-refractivity contribution is 5.79. The van der Waals surface area contributed by atoms with Crippen LogP contribution in [0.1, 0.15) is 58.3 Å². The van der Waals surface area contributed by atoms with Crippen LogP contribution in [-0.4, -0.2) is 53.7 Å². The van der Waals surface area contributed by atoms with Gasteiger partial charge >= 0.3 is 12.1 Å². The van der Waals surface area contributed by atoms with E-state index in [1.807, 2.05) is 0 Å². The lowest BCUT2D eigenvalue weighted by Crippen LogP contribution is -2.38. The number of aliphatic carboxylic acids is 1. The monoisotopic (exact) mass is 352 g/mol. The summed E-state index contributed by atoms with van der Waals surface area (Å²) in [6, 6.07) is -0.137. The van der Waals surface area contributed by atoms with E-state index in [9.17, 15) is 14.4 Å². The lowest BCUT2D eigenvalue weighted by atomic mass is 10.2. The van der Waals surface area contributed by atoms with Gasteiger partial charge in [-0.3, -0.25) is 9.59 Å². The third-order valence-corrected chi connectivity index (χ3v) is 3.98. The number of alkyl carbamates (subject to hydrolysis) is 1. The molecule has 0 saturated carbocycles. The third kappa shape index (κ3) is 8.99. The van der Waals surface area contributed by atoms with Crippen LogP contribution >= 0.6 is 0 Å². The van der Waals surface area contributed by atoms with Gasteiger partial charge in [-0.2, -0.15) is 0 Å². The van der Waals surface area contributed by atoms with Gasteiger partial charge in [0.2, 0.25) is 5.91 Å². The summed E-state index contributed by atoms with van der Waals surface area (Å²) < 4.78 is 5.20. The number of rotatable bonds is 10. The quantitative estimate of drug-likeness (QED) is 0.464. The van der Waals surface area contributed by atoms with Gasteiger partial charge in [-0.25, -0.2) is 4.79 Å². The lowest BCUT2D eigenvalue weighted by molar-refractivity contribution is -0.137. The number of hydrogen-bond acceptors (Lipinski definition) is 4. The molecule has 0 aromatic carbocycles. The standard InChI is InChI=1S/C18H28N2O5/c1-2-3-7-12-19-18(24)25-14-15-10-11-16(21)20(15)13-8-5-4-6-9-17(22)23/h15H,2-4,6-7,9-14H2,1H3,(H,19,24)(H,22,23). The summed E-state index contributed by atoms with van der Waals surface area (Å²) in [5.74, 6) is 4.97. The van der Waals surface area contributed by atoms with E-state index in [0.717, 1.165) is 19.3 Å².